The zero-order valence-electron chi connectivity index (χ0n) is 11.6. The average Bonchev–Trinajstić information content (AvgIpc) is 2.37. The van der Waals surface area contributed by atoms with Gasteiger partial charge in [-0.05, 0) is 18.4 Å². The molecular formula is C12H16N4O5. The molecule has 1 aromatic rings. The molecule has 0 fully saturated rings. The van der Waals surface area contributed by atoms with Crippen LogP contribution in [0.4, 0.5) is 17.1 Å². The molecule has 9 nitrogen and oxygen atoms in total. The number of hydrogen-bond acceptors (Lipinski definition) is 6. The highest BCUT2D eigenvalue weighted by molar-refractivity contribution is 5.84. The summed E-state index contributed by atoms with van der Waals surface area (Å²) in [6.45, 7) is 3.75. The van der Waals surface area contributed by atoms with Gasteiger partial charge in [0.2, 0.25) is 5.91 Å². The van der Waals surface area contributed by atoms with Crippen molar-refractivity contribution in [3.8, 4) is 0 Å². The number of rotatable bonds is 7. The van der Waals surface area contributed by atoms with Crippen molar-refractivity contribution in [2.45, 2.75) is 26.3 Å². The number of nitro benzene ring substituents is 2. The first kappa shape index (κ1) is 16.3. The minimum atomic E-state index is -0.787. The lowest BCUT2D eigenvalue weighted by Crippen LogP contribution is -2.36. The molecule has 0 unspecified atom stereocenters. The molecule has 0 aliphatic carbocycles. The molecule has 0 radical (unpaired) electrons. The fourth-order valence-electron chi connectivity index (χ4n) is 1.81. The van der Waals surface area contributed by atoms with Gasteiger partial charge in [0.25, 0.3) is 11.4 Å². The van der Waals surface area contributed by atoms with Crippen molar-refractivity contribution in [2.24, 2.45) is 11.7 Å². The molecule has 3 N–H and O–H groups in total. The zero-order chi connectivity index (χ0) is 16.2. The van der Waals surface area contributed by atoms with Crippen molar-refractivity contribution >= 4 is 23.0 Å². The molecule has 0 saturated carbocycles. The smallest absolute Gasteiger partial charge is 0.299 e. The van der Waals surface area contributed by atoms with E-state index in [1.165, 1.54) is 6.07 Å². The van der Waals surface area contributed by atoms with E-state index in [0.717, 1.165) is 12.1 Å². The van der Waals surface area contributed by atoms with Crippen molar-refractivity contribution in [1.82, 2.24) is 0 Å². The Labute approximate surface area is 120 Å². The molecule has 0 aliphatic heterocycles. The Kier molecular flexibility index (Phi) is 5.17. The Morgan fingerprint density at radius 1 is 1.29 bits per heavy atom. The summed E-state index contributed by atoms with van der Waals surface area (Å²) in [5.74, 6) is -0.497. The number of nitrogens with two attached hydrogens (primary N) is 1. The maximum absolute atomic E-state index is 11.4. The van der Waals surface area contributed by atoms with E-state index in [2.05, 4.69) is 5.32 Å². The van der Waals surface area contributed by atoms with Gasteiger partial charge in [0.15, 0.2) is 0 Å². The fourth-order valence-corrected chi connectivity index (χ4v) is 1.81. The number of non-ortho nitro benzene ring substituents is 1. The summed E-state index contributed by atoms with van der Waals surface area (Å²) >= 11 is 0. The summed E-state index contributed by atoms with van der Waals surface area (Å²) in [6.07, 6.45) is 0.392. The molecule has 9 heteroatoms. The topological polar surface area (TPSA) is 141 Å². The minimum Gasteiger partial charge on any atom is -0.368 e. The molecule has 0 aromatic heterocycles. The van der Waals surface area contributed by atoms with E-state index < -0.39 is 33.2 Å². The van der Waals surface area contributed by atoms with Gasteiger partial charge in [0.1, 0.15) is 11.7 Å². The minimum absolute atomic E-state index is 0.0232. The number of benzene rings is 1. The lowest BCUT2D eigenvalue weighted by Gasteiger charge is -2.18. The molecule has 0 saturated heterocycles. The lowest BCUT2D eigenvalue weighted by molar-refractivity contribution is -0.393. The monoisotopic (exact) mass is 296 g/mol. The van der Waals surface area contributed by atoms with Gasteiger partial charge in [-0.25, -0.2) is 0 Å². The molecule has 0 spiro atoms. The van der Waals surface area contributed by atoms with Crippen molar-refractivity contribution in [3.63, 3.8) is 0 Å². The van der Waals surface area contributed by atoms with Crippen LogP contribution in [0.5, 0.6) is 0 Å². The van der Waals surface area contributed by atoms with Crippen LogP contribution in [0.1, 0.15) is 20.3 Å². The van der Waals surface area contributed by atoms with E-state index >= 15 is 0 Å². The van der Waals surface area contributed by atoms with Gasteiger partial charge in [-0.2, -0.15) is 0 Å². The molecule has 0 aliphatic rings. The van der Waals surface area contributed by atoms with Gasteiger partial charge >= 0.3 is 0 Å². The van der Waals surface area contributed by atoms with Crippen LogP contribution in [0.2, 0.25) is 0 Å². The van der Waals surface area contributed by atoms with Gasteiger partial charge in [-0.15, -0.1) is 0 Å². The Balaban J connectivity index is 3.13. The molecule has 0 bridgehead atoms. The van der Waals surface area contributed by atoms with Crippen molar-refractivity contribution < 1.29 is 14.6 Å². The van der Waals surface area contributed by atoms with E-state index in [1.54, 1.807) is 0 Å². The largest absolute Gasteiger partial charge is 0.368 e. The number of anilines is 1. The SMILES string of the molecule is CC(C)C[C@@H](Nc1ccc([N+](=O)[O-])cc1[N+](=O)[O-])C(N)=O. The summed E-state index contributed by atoms with van der Waals surface area (Å²) in [5.41, 5.74) is 4.41. The van der Waals surface area contributed by atoms with Crippen LogP contribution in [0.25, 0.3) is 0 Å². The second kappa shape index (κ2) is 6.64. The van der Waals surface area contributed by atoms with Gasteiger partial charge in [-0.3, -0.25) is 25.0 Å². The number of carbonyl (C=O) groups is 1. The van der Waals surface area contributed by atoms with E-state index in [0.29, 0.717) is 6.42 Å². The van der Waals surface area contributed by atoms with Crippen LogP contribution >= 0.6 is 0 Å². The molecule has 1 aromatic carbocycles. The molecule has 1 amide bonds. The summed E-state index contributed by atoms with van der Waals surface area (Å²) in [7, 11) is 0. The Bertz CT molecular complexity index is 573. The molecule has 114 valence electrons. The first-order valence-corrected chi connectivity index (χ1v) is 6.21. The number of nitro groups is 2. The van der Waals surface area contributed by atoms with Crippen LogP contribution in [-0.4, -0.2) is 21.8 Å². The van der Waals surface area contributed by atoms with Crippen LogP contribution in [-0.2, 0) is 4.79 Å². The molecule has 21 heavy (non-hydrogen) atoms. The Hall–Kier alpha value is -2.71. The van der Waals surface area contributed by atoms with Gasteiger partial charge in [-0.1, -0.05) is 13.8 Å². The number of nitrogens with one attached hydrogen (secondary N) is 1. The van der Waals surface area contributed by atoms with Crippen LogP contribution in [0.15, 0.2) is 18.2 Å². The van der Waals surface area contributed by atoms with Crippen molar-refractivity contribution in [3.05, 3.63) is 38.4 Å². The lowest BCUT2D eigenvalue weighted by atomic mass is 10.0. The average molecular weight is 296 g/mol. The van der Waals surface area contributed by atoms with Crippen LogP contribution in [0.3, 0.4) is 0 Å². The predicted molar refractivity (Wildman–Crippen MR) is 75.8 cm³/mol. The number of hydrogen-bond donors (Lipinski definition) is 2. The Morgan fingerprint density at radius 2 is 1.90 bits per heavy atom. The van der Waals surface area contributed by atoms with Gasteiger partial charge in [0.05, 0.1) is 15.9 Å². The highest BCUT2D eigenvalue weighted by atomic mass is 16.6. The quantitative estimate of drug-likeness (QED) is 0.580. The molecular weight excluding hydrogens is 280 g/mol. The van der Waals surface area contributed by atoms with Crippen molar-refractivity contribution in [2.75, 3.05) is 5.32 Å². The van der Waals surface area contributed by atoms with E-state index in [1.807, 2.05) is 13.8 Å². The van der Waals surface area contributed by atoms with E-state index in [4.69, 9.17) is 5.73 Å². The third-order valence-corrected chi connectivity index (χ3v) is 2.77. The number of amides is 1. The zero-order valence-corrected chi connectivity index (χ0v) is 11.6. The summed E-state index contributed by atoms with van der Waals surface area (Å²) < 4.78 is 0. The number of carbonyl (C=O) groups excluding carboxylic acids is 1. The van der Waals surface area contributed by atoms with E-state index in [9.17, 15) is 25.0 Å². The highest BCUT2D eigenvalue weighted by Gasteiger charge is 2.24. The third kappa shape index (κ3) is 4.41. The maximum Gasteiger partial charge on any atom is 0.299 e. The van der Waals surface area contributed by atoms with Crippen LogP contribution < -0.4 is 11.1 Å². The maximum atomic E-state index is 11.4. The summed E-state index contributed by atoms with van der Waals surface area (Å²) in [6, 6.07) is 2.38. The van der Waals surface area contributed by atoms with Crippen LogP contribution in [0, 0.1) is 26.1 Å². The predicted octanol–water partition coefficient (Wildman–Crippen LogP) is 1.81. The third-order valence-electron chi connectivity index (χ3n) is 2.77. The van der Waals surface area contributed by atoms with Crippen molar-refractivity contribution in [1.29, 1.82) is 0 Å². The highest BCUT2D eigenvalue weighted by Crippen LogP contribution is 2.30. The molecule has 1 rings (SSSR count). The molecule has 0 heterocycles. The second-order valence-corrected chi connectivity index (χ2v) is 4.94. The first-order valence-electron chi connectivity index (χ1n) is 6.21. The fraction of sp³-hybridized carbons (Fsp3) is 0.417. The van der Waals surface area contributed by atoms with E-state index in [-0.39, 0.29) is 11.6 Å². The normalized spacial score (nSPS) is 12.0. The number of primary amides is 1. The van der Waals surface area contributed by atoms with Gasteiger partial charge in [0, 0.05) is 6.07 Å². The molecule has 1 atom stereocenters. The Morgan fingerprint density at radius 3 is 2.33 bits per heavy atom. The van der Waals surface area contributed by atoms with Gasteiger partial charge < -0.3 is 11.1 Å². The summed E-state index contributed by atoms with van der Waals surface area (Å²) in [4.78, 5) is 31.6. The standard InChI is InChI=1S/C12H16N4O5/c1-7(2)5-10(12(13)17)14-9-4-3-8(15(18)19)6-11(9)16(20)21/h3-4,6-7,10,14H,5H2,1-2H3,(H2,13,17)/t10-/m1/s1. The first-order chi connectivity index (χ1) is 9.72. The second-order valence-electron chi connectivity index (χ2n) is 4.94. The number of nitrogens with zero attached hydrogens (tertiary/aromatic N) is 2. The summed E-state index contributed by atoms with van der Waals surface area (Å²) in [5, 5.41) is 24.3.